The summed E-state index contributed by atoms with van der Waals surface area (Å²) >= 11 is 6.75. The number of rotatable bonds is 8. The highest BCUT2D eigenvalue weighted by Crippen LogP contribution is 2.60. The Labute approximate surface area is 265 Å². The Morgan fingerprint density at radius 3 is 2.67 bits per heavy atom. The van der Waals surface area contributed by atoms with Crippen LogP contribution in [0.4, 0.5) is 8.78 Å². The minimum absolute atomic E-state index is 0.0110. The molecule has 5 atom stereocenters. The van der Waals surface area contributed by atoms with Gasteiger partial charge >= 0.3 is 5.97 Å². The molecule has 242 valence electrons. The van der Waals surface area contributed by atoms with E-state index < -0.39 is 23.8 Å². The predicted molar refractivity (Wildman–Crippen MR) is 157 cm³/mol. The highest BCUT2D eigenvalue weighted by Gasteiger charge is 2.59. The van der Waals surface area contributed by atoms with E-state index in [1.165, 1.54) is 14.2 Å². The second-order valence-corrected chi connectivity index (χ2v) is 14.4. The summed E-state index contributed by atoms with van der Waals surface area (Å²) in [5.74, 6) is 0.177. The Hall–Kier alpha value is -3.28. The largest absolute Gasteiger partial charge is 0.487 e. The van der Waals surface area contributed by atoms with Crippen LogP contribution in [0.5, 0.6) is 5.75 Å². The molecule has 2 amide bonds. The van der Waals surface area contributed by atoms with Gasteiger partial charge in [-0.3, -0.25) is 14.4 Å². The average Bonchev–Trinajstić information content (AvgIpc) is 3.88. The van der Waals surface area contributed by atoms with Gasteiger partial charge in [-0.25, -0.2) is 13.5 Å². The zero-order chi connectivity index (χ0) is 31.8. The van der Waals surface area contributed by atoms with Crippen molar-refractivity contribution < 1.29 is 32.6 Å². The van der Waals surface area contributed by atoms with Gasteiger partial charge in [0, 0.05) is 43.7 Å². The van der Waals surface area contributed by atoms with E-state index in [4.69, 9.17) is 21.1 Å². The zero-order valence-corrected chi connectivity index (χ0v) is 26.5. The maximum atomic E-state index is 14.7. The molecule has 3 aliphatic carbocycles. The van der Waals surface area contributed by atoms with Crippen LogP contribution in [0, 0.1) is 28.6 Å². The highest BCUT2D eigenvalue weighted by molar-refractivity contribution is 6.31. The van der Waals surface area contributed by atoms with Crippen molar-refractivity contribution >= 4 is 29.4 Å². The molecule has 0 N–H and O–H groups in total. The van der Waals surface area contributed by atoms with Crippen molar-refractivity contribution in [1.82, 2.24) is 24.8 Å². The molecule has 7 rings (SSSR count). The number of esters is 1. The second kappa shape index (κ2) is 10.9. The first-order chi connectivity index (χ1) is 21.4. The molecule has 1 aromatic carbocycles. The molecule has 1 aromatic heterocycles. The van der Waals surface area contributed by atoms with E-state index in [0.29, 0.717) is 66.9 Å². The van der Waals surface area contributed by atoms with Crippen molar-refractivity contribution in [3.05, 3.63) is 39.7 Å². The maximum absolute atomic E-state index is 14.7. The second-order valence-electron chi connectivity index (χ2n) is 14.0. The van der Waals surface area contributed by atoms with Crippen LogP contribution >= 0.6 is 11.6 Å². The molecule has 1 spiro atoms. The Morgan fingerprint density at radius 1 is 1.20 bits per heavy atom. The molecule has 3 heterocycles. The van der Waals surface area contributed by atoms with Crippen LogP contribution in [0.25, 0.3) is 0 Å². The SMILES string of the molecule is COC(=O)[C@@]1(C)C[C@@H]2C[C@@H]2C[C@H]1C(=O)N1CCc2c(Cl)ccc(OCc3nnn(C)c3C(F)F)c2[C@H]1CN1CC2(CC2)CC1=O. The van der Waals surface area contributed by atoms with Gasteiger partial charge in [0.05, 0.1) is 24.5 Å². The number of fused-ring (bicyclic) bond motifs is 2. The van der Waals surface area contributed by atoms with Crippen LogP contribution in [0.1, 0.15) is 80.4 Å². The fourth-order valence-electron chi connectivity index (χ4n) is 8.28. The molecule has 2 aromatic rings. The number of ether oxygens (including phenoxy) is 2. The number of aromatic nitrogens is 3. The van der Waals surface area contributed by atoms with Crippen molar-refractivity contribution in [2.24, 2.45) is 35.6 Å². The summed E-state index contributed by atoms with van der Waals surface area (Å²) in [5, 5.41) is 8.14. The number of alkyl halides is 2. The molecule has 3 saturated carbocycles. The van der Waals surface area contributed by atoms with Crippen molar-refractivity contribution in [2.75, 3.05) is 26.7 Å². The van der Waals surface area contributed by atoms with Gasteiger partial charge < -0.3 is 19.3 Å². The molecule has 4 fully saturated rings. The molecule has 1 saturated heterocycles. The van der Waals surface area contributed by atoms with Crippen LogP contribution in [0.15, 0.2) is 12.1 Å². The van der Waals surface area contributed by atoms with Gasteiger partial charge in [-0.15, -0.1) is 5.10 Å². The van der Waals surface area contributed by atoms with Crippen molar-refractivity contribution in [3.63, 3.8) is 0 Å². The lowest BCUT2D eigenvalue weighted by Crippen LogP contribution is -2.53. The van der Waals surface area contributed by atoms with Crippen LogP contribution in [-0.4, -0.2) is 69.3 Å². The third kappa shape index (κ3) is 5.16. The average molecular weight is 646 g/mol. The number of hydrogen-bond donors (Lipinski definition) is 0. The third-order valence-electron chi connectivity index (χ3n) is 11.1. The molecule has 5 aliphatic rings. The number of carbonyl (C=O) groups excluding carboxylic acids is 3. The van der Waals surface area contributed by atoms with E-state index in [2.05, 4.69) is 10.3 Å². The third-order valence-corrected chi connectivity index (χ3v) is 11.5. The van der Waals surface area contributed by atoms with Gasteiger partial charge in [0.25, 0.3) is 6.43 Å². The highest BCUT2D eigenvalue weighted by atomic mass is 35.5. The predicted octanol–water partition coefficient (Wildman–Crippen LogP) is 4.65. The van der Waals surface area contributed by atoms with Gasteiger partial charge in [0.15, 0.2) is 0 Å². The lowest BCUT2D eigenvalue weighted by atomic mass is 9.66. The Bertz CT molecular complexity index is 1560. The van der Waals surface area contributed by atoms with Crippen LogP contribution in [0.3, 0.4) is 0 Å². The molecule has 45 heavy (non-hydrogen) atoms. The van der Waals surface area contributed by atoms with Crippen LogP contribution in [0.2, 0.25) is 5.02 Å². The minimum Gasteiger partial charge on any atom is -0.487 e. The van der Waals surface area contributed by atoms with E-state index in [0.717, 1.165) is 29.5 Å². The van der Waals surface area contributed by atoms with Gasteiger partial charge in [0.2, 0.25) is 11.8 Å². The number of aryl methyl sites for hydroxylation is 1. The summed E-state index contributed by atoms with van der Waals surface area (Å²) in [6.07, 6.45) is 2.38. The summed E-state index contributed by atoms with van der Waals surface area (Å²) in [7, 11) is 2.77. The van der Waals surface area contributed by atoms with E-state index >= 15 is 0 Å². The van der Waals surface area contributed by atoms with Crippen molar-refractivity contribution in [3.8, 4) is 5.75 Å². The molecule has 13 heteroatoms. The quantitative estimate of drug-likeness (QED) is 0.385. The smallest absolute Gasteiger partial charge is 0.312 e. The van der Waals surface area contributed by atoms with Gasteiger partial charge in [-0.1, -0.05) is 16.8 Å². The first kappa shape index (κ1) is 30.4. The van der Waals surface area contributed by atoms with Gasteiger partial charge in [-0.05, 0) is 80.4 Å². The first-order valence-corrected chi connectivity index (χ1v) is 16.1. The summed E-state index contributed by atoms with van der Waals surface area (Å²) < 4.78 is 40.0. The normalized spacial score (nSPS) is 29.5. The standard InChI is InChI=1S/C32H38ClF2N5O5/c1-31(30(43)44-3)12-18-10-17(18)11-20(31)29(42)40-9-6-19-21(33)4-5-24(45-15-22-27(28(34)35)38(2)37-36-22)26(19)23(40)14-39-16-32(7-8-32)13-25(39)41/h4-5,17-18,20,23,28H,6-16H2,1-3H3/t17-,18+,20+,23-,31+/m1/s1. The van der Waals surface area contributed by atoms with Gasteiger partial charge in [0.1, 0.15) is 23.7 Å². The van der Waals surface area contributed by atoms with Gasteiger partial charge in [-0.2, -0.15) is 0 Å². The number of nitrogens with zero attached hydrogens (tertiary/aromatic N) is 5. The number of likely N-dealkylation sites (tertiary alicyclic amines) is 1. The maximum Gasteiger partial charge on any atom is 0.312 e. The Kier molecular flexibility index (Phi) is 7.37. The number of benzene rings is 1. The summed E-state index contributed by atoms with van der Waals surface area (Å²) in [6, 6.07) is 2.78. The Balaban J connectivity index is 1.26. The number of halogens is 3. The fourth-order valence-corrected chi connectivity index (χ4v) is 8.54. The molecule has 10 nitrogen and oxygen atoms in total. The van der Waals surface area contributed by atoms with Crippen molar-refractivity contribution in [1.29, 1.82) is 0 Å². The Morgan fingerprint density at radius 2 is 1.98 bits per heavy atom. The lowest BCUT2D eigenvalue weighted by molar-refractivity contribution is -0.165. The topological polar surface area (TPSA) is 107 Å². The monoisotopic (exact) mass is 645 g/mol. The zero-order valence-electron chi connectivity index (χ0n) is 25.7. The van der Waals surface area contributed by atoms with E-state index in [-0.39, 0.29) is 47.7 Å². The number of amides is 2. The molecular weight excluding hydrogens is 608 g/mol. The molecule has 0 bridgehead atoms. The number of hydrogen-bond acceptors (Lipinski definition) is 7. The molecule has 0 unspecified atom stereocenters. The number of carbonyl (C=O) groups is 3. The molecule has 2 aliphatic heterocycles. The minimum atomic E-state index is -2.79. The fraction of sp³-hybridized carbons (Fsp3) is 0.656. The summed E-state index contributed by atoms with van der Waals surface area (Å²) in [5.41, 5.74) is 0.196. The van der Waals surface area contributed by atoms with E-state index in [1.54, 1.807) is 17.0 Å². The van der Waals surface area contributed by atoms with E-state index in [1.807, 2.05) is 11.8 Å². The number of methoxy groups -OCH3 is 1. The first-order valence-electron chi connectivity index (χ1n) is 15.7. The molecule has 0 radical (unpaired) electrons. The summed E-state index contributed by atoms with van der Waals surface area (Å²) in [4.78, 5) is 44.8. The van der Waals surface area contributed by atoms with Crippen molar-refractivity contribution in [2.45, 2.75) is 70.9 Å². The van der Waals surface area contributed by atoms with Crippen LogP contribution in [-0.2, 0) is 39.2 Å². The lowest BCUT2D eigenvalue weighted by Gasteiger charge is -2.45. The molecular formula is C32H38ClF2N5O5. The van der Waals surface area contributed by atoms with Crippen LogP contribution < -0.4 is 4.74 Å². The summed E-state index contributed by atoms with van der Waals surface area (Å²) in [6.45, 7) is 2.81. The van der Waals surface area contributed by atoms with E-state index in [9.17, 15) is 23.2 Å².